The second kappa shape index (κ2) is 11.1. The summed E-state index contributed by atoms with van der Waals surface area (Å²) < 4.78 is 19.2. The number of halogens is 1. The molecule has 0 spiro atoms. The van der Waals surface area contributed by atoms with Crippen molar-refractivity contribution in [3.8, 4) is 6.07 Å². The summed E-state index contributed by atoms with van der Waals surface area (Å²) in [6.45, 7) is 5.44. The summed E-state index contributed by atoms with van der Waals surface area (Å²) in [6.07, 6.45) is 1.71. The number of hydrogen-bond donors (Lipinski definition) is 2. The Hall–Kier alpha value is -4.43. The normalized spacial score (nSPS) is 15.7. The van der Waals surface area contributed by atoms with E-state index >= 15 is 0 Å². The maximum atomic E-state index is 13.8. The van der Waals surface area contributed by atoms with Crippen molar-refractivity contribution < 1.29 is 13.9 Å². The van der Waals surface area contributed by atoms with Gasteiger partial charge in [-0.3, -0.25) is 0 Å². The number of nitrogens with zero attached hydrogens (tertiary/aromatic N) is 6. The molecule has 2 fully saturated rings. The van der Waals surface area contributed by atoms with Crippen LogP contribution in [0.4, 0.5) is 38.0 Å². The van der Waals surface area contributed by atoms with E-state index in [1.165, 1.54) is 12.1 Å². The average molecular weight is 503 g/mol. The molecule has 2 amide bonds. The van der Waals surface area contributed by atoms with Crippen LogP contribution >= 0.6 is 0 Å². The van der Waals surface area contributed by atoms with Gasteiger partial charge in [-0.2, -0.15) is 10.2 Å². The molecular weight excluding hydrogens is 475 g/mol. The van der Waals surface area contributed by atoms with Gasteiger partial charge >= 0.3 is 6.03 Å². The van der Waals surface area contributed by atoms with Gasteiger partial charge in [0.25, 0.3) is 0 Å². The van der Waals surface area contributed by atoms with Gasteiger partial charge in [0.2, 0.25) is 5.95 Å². The third-order valence-corrected chi connectivity index (χ3v) is 6.37. The number of urea groups is 1. The molecule has 0 aliphatic carbocycles. The van der Waals surface area contributed by atoms with Crippen LogP contribution in [0.2, 0.25) is 0 Å². The number of benzene rings is 2. The summed E-state index contributed by atoms with van der Waals surface area (Å²) in [5.41, 5.74) is 2.31. The molecule has 3 aromatic rings. The third-order valence-electron chi connectivity index (χ3n) is 6.37. The second-order valence-electron chi connectivity index (χ2n) is 8.72. The highest BCUT2D eigenvalue weighted by Crippen LogP contribution is 2.22. The summed E-state index contributed by atoms with van der Waals surface area (Å²) in [5.74, 6) is 0.614. The van der Waals surface area contributed by atoms with E-state index in [0.29, 0.717) is 37.8 Å². The number of hydrogen-bond acceptors (Lipinski definition) is 8. The van der Waals surface area contributed by atoms with Crippen molar-refractivity contribution in [2.45, 2.75) is 0 Å². The van der Waals surface area contributed by atoms with Gasteiger partial charge in [0.15, 0.2) is 0 Å². The maximum Gasteiger partial charge on any atom is 0.321 e. The maximum absolute atomic E-state index is 13.8. The van der Waals surface area contributed by atoms with Gasteiger partial charge in [0.05, 0.1) is 18.8 Å². The van der Waals surface area contributed by atoms with Crippen molar-refractivity contribution in [1.82, 2.24) is 14.9 Å². The highest BCUT2D eigenvalue weighted by atomic mass is 19.1. The van der Waals surface area contributed by atoms with Crippen LogP contribution in [0, 0.1) is 17.1 Å². The van der Waals surface area contributed by atoms with E-state index in [-0.39, 0.29) is 11.6 Å². The molecule has 190 valence electrons. The second-order valence-corrected chi connectivity index (χ2v) is 8.72. The molecule has 0 bridgehead atoms. The fourth-order valence-electron chi connectivity index (χ4n) is 4.32. The molecule has 2 aliphatic heterocycles. The Morgan fingerprint density at radius 1 is 0.946 bits per heavy atom. The molecule has 11 heteroatoms. The van der Waals surface area contributed by atoms with Gasteiger partial charge < -0.3 is 30.1 Å². The van der Waals surface area contributed by atoms with Gasteiger partial charge in [-0.05, 0) is 48.5 Å². The Morgan fingerprint density at radius 2 is 1.68 bits per heavy atom. The quantitative estimate of drug-likeness (QED) is 0.546. The average Bonchev–Trinajstić information content (AvgIpc) is 2.94. The molecule has 10 nitrogen and oxygen atoms in total. The predicted molar refractivity (Wildman–Crippen MR) is 139 cm³/mol. The third kappa shape index (κ3) is 5.87. The lowest BCUT2D eigenvalue weighted by molar-refractivity contribution is 0.122. The molecule has 2 aromatic carbocycles. The van der Waals surface area contributed by atoms with E-state index in [2.05, 4.69) is 42.5 Å². The first-order valence-corrected chi connectivity index (χ1v) is 12.1. The fraction of sp³-hybridized carbons (Fsp3) is 0.308. The Bertz CT molecular complexity index is 1280. The van der Waals surface area contributed by atoms with Crippen molar-refractivity contribution in [3.05, 3.63) is 66.1 Å². The number of aromatic nitrogens is 2. The largest absolute Gasteiger partial charge is 0.378 e. The van der Waals surface area contributed by atoms with E-state index < -0.39 is 5.82 Å². The van der Waals surface area contributed by atoms with Crippen molar-refractivity contribution in [2.75, 3.05) is 72.9 Å². The van der Waals surface area contributed by atoms with Crippen LogP contribution in [0.3, 0.4) is 0 Å². The minimum absolute atomic E-state index is 0.0599. The number of carbonyl (C=O) groups is 1. The van der Waals surface area contributed by atoms with E-state index in [0.717, 1.165) is 49.6 Å². The van der Waals surface area contributed by atoms with Gasteiger partial charge in [0.1, 0.15) is 17.7 Å². The van der Waals surface area contributed by atoms with Crippen molar-refractivity contribution in [1.29, 1.82) is 5.26 Å². The molecule has 2 aliphatic rings. The van der Waals surface area contributed by atoms with E-state index in [4.69, 9.17) is 10.00 Å². The number of amides is 2. The smallest absolute Gasteiger partial charge is 0.321 e. The first kappa shape index (κ1) is 24.3. The molecule has 1 aromatic heterocycles. The molecule has 0 unspecified atom stereocenters. The van der Waals surface area contributed by atoms with Crippen LogP contribution < -0.4 is 20.4 Å². The van der Waals surface area contributed by atoms with Crippen LogP contribution in [-0.2, 0) is 4.74 Å². The predicted octanol–water partition coefficient (Wildman–Crippen LogP) is 3.42. The van der Waals surface area contributed by atoms with Crippen LogP contribution in [0.5, 0.6) is 0 Å². The van der Waals surface area contributed by atoms with Crippen molar-refractivity contribution in [2.24, 2.45) is 0 Å². The van der Waals surface area contributed by atoms with Crippen LogP contribution in [0.1, 0.15) is 5.56 Å². The van der Waals surface area contributed by atoms with Crippen LogP contribution in [-0.4, -0.2) is 73.4 Å². The number of carbonyl (C=O) groups excluding carboxylic acids is 1. The Labute approximate surface area is 214 Å². The molecule has 0 radical (unpaired) electrons. The van der Waals surface area contributed by atoms with Gasteiger partial charge in [-0.1, -0.05) is 0 Å². The summed E-state index contributed by atoms with van der Waals surface area (Å²) in [4.78, 5) is 27.7. The summed E-state index contributed by atoms with van der Waals surface area (Å²) in [5, 5.41) is 14.8. The molecule has 5 rings (SSSR count). The fourth-order valence-corrected chi connectivity index (χ4v) is 4.32. The Morgan fingerprint density at radius 3 is 2.38 bits per heavy atom. The molecule has 0 atom stereocenters. The van der Waals surface area contributed by atoms with E-state index in [9.17, 15) is 9.18 Å². The molecule has 0 saturated carbocycles. The van der Waals surface area contributed by atoms with E-state index in [1.54, 1.807) is 17.2 Å². The Balaban J connectivity index is 1.15. The number of morpholine rings is 1. The first-order valence-electron chi connectivity index (χ1n) is 12.1. The molecule has 37 heavy (non-hydrogen) atoms. The standard InChI is InChI=1S/C26H27FN8O2/c27-23-17-21(2-1-19(23)18-28)31-26(36)35-11-9-34(10-12-35)24-7-8-29-25(32-24)30-20-3-5-22(6-4-20)33-13-15-37-16-14-33/h1-8,17H,9-16H2,(H,31,36)(H,29,30,32). The van der Waals surface area contributed by atoms with Gasteiger partial charge in [-0.25, -0.2) is 14.2 Å². The monoisotopic (exact) mass is 502 g/mol. The van der Waals surface area contributed by atoms with E-state index in [1.807, 2.05) is 18.2 Å². The lowest BCUT2D eigenvalue weighted by Crippen LogP contribution is -2.50. The Kier molecular flexibility index (Phi) is 7.28. The SMILES string of the molecule is N#Cc1ccc(NC(=O)N2CCN(c3ccnc(Nc4ccc(N5CCOCC5)cc4)n3)CC2)cc1F. The highest BCUT2D eigenvalue weighted by molar-refractivity contribution is 5.89. The van der Waals surface area contributed by atoms with Gasteiger partial charge in [-0.15, -0.1) is 0 Å². The van der Waals surface area contributed by atoms with Crippen molar-refractivity contribution >= 4 is 34.9 Å². The number of nitrogens with one attached hydrogen (secondary N) is 2. The topological polar surface area (TPSA) is 110 Å². The highest BCUT2D eigenvalue weighted by Gasteiger charge is 2.22. The number of rotatable bonds is 5. The molecule has 2 saturated heterocycles. The number of ether oxygens (including phenoxy) is 1. The molecular formula is C26H27FN8O2. The molecule has 3 heterocycles. The number of nitriles is 1. The summed E-state index contributed by atoms with van der Waals surface area (Å²) in [6, 6.07) is 15.5. The lowest BCUT2D eigenvalue weighted by atomic mass is 10.2. The zero-order valence-corrected chi connectivity index (χ0v) is 20.2. The van der Waals surface area contributed by atoms with Crippen LogP contribution in [0.25, 0.3) is 0 Å². The summed E-state index contributed by atoms with van der Waals surface area (Å²) in [7, 11) is 0. The molecule has 2 N–H and O–H groups in total. The minimum Gasteiger partial charge on any atom is -0.378 e. The zero-order valence-electron chi connectivity index (χ0n) is 20.2. The first-order chi connectivity index (χ1) is 18.1. The number of anilines is 5. The zero-order chi connectivity index (χ0) is 25.6. The summed E-state index contributed by atoms with van der Waals surface area (Å²) >= 11 is 0. The minimum atomic E-state index is -0.661. The van der Waals surface area contributed by atoms with Gasteiger partial charge in [0, 0.05) is 62.5 Å². The number of piperazine rings is 1. The van der Waals surface area contributed by atoms with Crippen LogP contribution in [0.15, 0.2) is 54.7 Å². The lowest BCUT2D eigenvalue weighted by Gasteiger charge is -2.35. The van der Waals surface area contributed by atoms with Crippen molar-refractivity contribution in [3.63, 3.8) is 0 Å².